The van der Waals surface area contributed by atoms with Crippen LogP contribution < -0.4 is 14.8 Å². The van der Waals surface area contributed by atoms with E-state index in [0.29, 0.717) is 56.9 Å². The molecule has 48 heavy (non-hydrogen) atoms. The number of rotatable bonds is 13. The van der Waals surface area contributed by atoms with Gasteiger partial charge < -0.3 is 19.5 Å². The van der Waals surface area contributed by atoms with Crippen molar-refractivity contribution in [1.29, 1.82) is 0 Å². The van der Waals surface area contributed by atoms with E-state index in [1.165, 1.54) is 36.0 Å². The summed E-state index contributed by atoms with van der Waals surface area (Å²) in [5.41, 5.74) is 3.83. The lowest BCUT2D eigenvalue weighted by atomic mass is 10.1. The van der Waals surface area contributed by atoms with Gasteiger partial charge in [0.1, 0.15) is 40.9 Å². The molecule has 3 aromatic carbocycles. The van der Waals surface area contributed by atoms with Crippen LogP contribution in [-0.4, -0.2) is 53.5 Å². The second-order valence-corrected chi connectivity index (χ2v) is 12.6. The summed E-state index contributed by atoms with van der Waals surface area (Å²) in [5.74, 6) is 1.27. The first-order chi connectivity index (χ1) is 23.4. The van der Waals surface area contributed by atoms with Crippen molar-refractivity contribution in [3.8, 4) is 22.8 Å². The number of methoxy groups -OCH3 is 1. The summed E-state index contributed by atoms with van der Waals surface area (Å²) in [6.07, 6.45) is 3.48. The zero-order valence-electron chi connectivity index (χ0n) is 25.4. The second kappa shape index (κ2) is 15.3. The second-order valence-electron chi connectivity index (χ2n) is 10.3. The number of thiazole rings is 1. The number of hydrogen-bond donors (Lipinski definition) is 1. The summed E-state index contributed by atoms with van der Waals surface area (Å²) in [6, 6.07) is 20.3. The highest BCUT2D eigenvalue weighted by Crippen LogP contribution is 2.37. The first-order valence-electron chi connectivity index (χ1n) is 14.5. The Hall–Kier alpha value is -4.95. The lowest BCUT2D eigenvalue weighted by molar-refractivity contribution is 0.176. The van der Waals surface area contributed by atoms with Gasteiger partial charge >= 0.3 is 0 Å². The van der Waals surface area contributed by atoms with E-state index < -0.39 is 10.3 Å². The Morgan fingerprint density at radius 1 is 1.00 bits per heavy atom. The summed E-state index contributed by atoms with van der Waals surface area (Å²) in [7, 11) is -0.865. The molecule has 0 radical (unpaired) electrons. The Bertz CT molecular complexity index is 2210. The molecule has 0 atom stereocenters. The fourth-order valence-corrected chi connectivity index (χ4v) is 6.27. The molecule has 0 aliphatic heterocycles. The summed E-state index contributed by atoms with van der Waals surface area (Å²) < 4.78 is 54.1. The van der Waals surface area contributed by atoms with Crippen LogP contribution >= 0.6 is 22.9 Å². The molecule has 0 bridgehead atoms. The lowest BCUT2D eigenvalue weighted by Gasteiger charge is -2.13. The third-order valence-corrected chi connectivity index (χ3v) is 9.04. The van der Waals surface area contributed by atoms with Crippen LogP contribution in [0.5, 0.6) is 11.5 Å². The normalized spacial score (nSPS) is 11.0. The molecule has 0 saturated heterocycles. The average Bonchev–Trinajstić information content (AvgIpc) is 3.56. The third kappa shape index (κ3) is 7.94. The molecule has 6 rings (SSSR count). The van der Waals surface area contributed by atoms with Crippen LogP contribution in [0.3, 0.4) is 0 Å². The van der Waals surface area contributed by atoms with Crippen molar-refractivity contribution in [3.05, 3.63) is 118 Å². The number of nitrogens with zero attached hydrogens (tertiary/aromatic N) is 4. The molecule has 6 aromatic rings. The third-order valence-electron chi connectivity index (χ3n) is 7.11. The van der Waals surface area contributed by atoms with Crippen LogP contribution in [0.1, 0.15) is 16.3 Å². The Balaban J connectivity index is 1.16. The highest BCUT2D eigenvalue weighted by Gasteiger charge is 2.16. The van der Waals surface area contributed by atoms with Crippen LogP contribution in [0.25, 0.3) is 22.2 Å². The zero-order chi connectivity index (χ0) is 33.5. The minimum absolute atomic E-state index is 0.0878. The molecule has 1 N–H and O–H groups in total. The molecule has 3 aromatic heterocycles. The van der Waals surface area contributed by atoms with E-state index in [1.807, 2.05) is 23.6 Å². The van der Waals surface area contributed by atoms with Crippen LogP contribution in [0, 0.1) is 5.82 Å². The van der Waals surface area contributed by atoms with Crippen molar-refractivity contribution in [2.75, 3.05) is 25.6 Å². The van der Waals surface area contributed by atoms with Crippen molar-refractivity contribution >= 4 is 60.5 Å². The van der Waals surface area contributed by atoms with E-state index in [9.17, 15) is 12.8 Å². The summed E-state index contributed by atoms with van der Waals surface area (Å²) >= 11 is 7.99. The van der Waals surface area contributed by atoms with Gasteiger partial charge in [0.05, 0.1) is 47.3 Å². The minimum Gasteiger partial charge on any atom is -0.496 e. The van der Waals surface area contributed by atoms with Gasteiger partial charge in [-0.05, 0) is 54.1 Å². The van der Waals surface area contributed by atoms with Crippen molar-refractivity contribution in [2.24, 2.45) is 0 Å². The molecule has 0 unspecified atom stereocenters. The van der Waals surface area contributed by atoms with E-state index in [2.05, 4.69) is 20.3 Å². The highest BCUT2D eigenvalue weighted by atomic mass is 35.5. The van der Waals surface area contributed by atoms with E-state index >= 15 is 0 Å². The van der Waals surface area contributed by atoms with Gasteiger partial charge in [-0.1, -0.05) is 29.8 Å². The maximum Gasteiger partial charge on any atom is 0.221 e. The molecule has 0 fully saturated rings. The number of aromatic nitrogens is 4. The van der Waals surface area contributed by atoms with E-state index in [0.717, 1.165) is 16.0 Å². The van der Waals surface area contributed by atoms with Gasteiger partial charge in [0.15, 0.2) is 0 Å². The average molecular weight is 704 g/mol. The molecule has 244 valence electrons. The summed E-state index contributed by atoms with van der Waals surface area (Å²) in [4.78, 5) is 17.9. The van der Waals surface area contributed by atoms with Gasteiger partial charge in [0, 0.05) is 40.7 Å². The predicted octanol–water partition coefficient (Wildman–Crippen LogP) is 6.93. The van der Waals surface area contributed by atoms with Crippen LogP contribution in [0.2, 0.25) is 5.02 Å². The number of fused-ring (bicyclic) bond motifs is 1. The summed E-state index contributed by atoms with van der Waals surface area (Å²) in [5, 5.41) is 7.16. The molecular formula is C34H27ClFN5O5S2. The quantitative estimate of drug-likeness (QED) is 0.0769. The largest absolute Gasteiger partial charge is 0.496 e. The van der Waals surface area contributed by atoms with Crippen LogP contribution in [-0.2, 0) is 28.1 Å². The molecule has 0 saturated carbocycles. The number of anilines is 2. The fraction of sp³-hybridized carbons (Fsp3) is 0.147. The highest BCUT2D eigenvalue weighted by molar-refractivity contribution is 7.73. The number of benzene rings is 3. The molecule has 0 aliphatic rings. The Morgan fingerprint density at radius 3 is 2.67 bits per heavy atom. The van der Waals surface area contributed by atoms with E-state index in [1.54, 1.807) is 49.6 Å². The number of pyridine rings is 1. The number of nitrogens with one attached hydrogen (secondary N) is 1. The van der Waals surface area contributed by atoms with Crippen LogP contribution in [0.15, 0.2) is 90.7 Å². The molecule has 0 aliphatic carbocycles. The van der Waals surface area contributed by atoms with Crippen molar-refractivity contribution in [3.63, 3.8) is 0 Å². The van der Waals surface area contributed by atoms with Gasteiger partial charge in [-0.3, -0.25) is 4.98 Å². The Morgan fingerprint density at radius 2 is 1.90 bits per heavy atom. The summed E-state index contributed by atoms with van der Waals surface area (Å²) in [6.45, 7) is 0.357. The number of ether oxygens (including phenoxy) is 3. The topological polar surface area (TPSA) is 125 Å². The molecular weight excluding hydrogens is 677 g/mol. The number of halogens is 2. The maximum atomic E-state index is 13.5. The monoisotopic (exact) mass is 703 g/mol. The minimum atomic E-state index is -2.45. The first-order valence-corrected chi connectivity index (χ1v) is 16.9. The van der Waals surface area contributed by atoms with Gasteiger partial charge in [-0.25, -0.2) is 19.3 Å². The van der Waals surface area contributed by atoms with Gasteiger partial charge in [0.2, 0.25) is 10.3 Å². The molecule has 3 heterocycles. The Labute approximate surface area is 285 Å². The predicted molar refractivity (Wildman–Crippen MR) is 184 cm³/mol. The molecule has 0 amide bonds. The standard InChI is InChI=1S/C34H27ClFN5O5S2/c1-44-31-16-28-25(15-24(31)29-19-47-33(41-29)10-12-45-18-32(48(42)43)27-7-2-3-11-37-27)34(39-20-38-28)40-23-8-9-30(26(35)14-23)46-17-21-5-4-6-22(36)13-21/h2-9,11,13-16,19-20H,10,12,17-18H2,1H3,(H,38,39,40). The van der Waals surface area contributed by atoms with Gasteiger partial charge in [-0.2, -0.15) is 8.42 Å². The van der Waals surface area contributed by atoms with Crippen molar-refractivity contribution < 1.29 is 27.0 Å². The fourth-order valence-electron chi connectivity index (χ4n) is 4.78. The molecule has 14 heteroatoms. The van der Waals surface area contributed by atoms with E-state index in [-0.39, 0.29) is 30.5 Å². The van der Waals surface area contributed by atoms with Crippen LogP contribution in [0.4, 0.5) is 15.9 Å². The first kappa shape index (κ1) is 33.0. The van der Waals surface area contributed by atoms with Gasteiger partial charge in [-0.15, -0.1) is 11.3 Å². The SMILES string of the molecule is COc1cc2ncnc(Nc3ccc(OCc4cccc(F)c4)c(Cl)c3)c2cc1-c1csc(CCOCC(c2ccccn2)=S(=O)=O)n1. The lowest BCUT2D eigenvalue weighted by Crippen LogP contribution is -2.14. The van der Waals surface area contributed by atoms with E-state index in [4.69, 9.17) is 30.8 Å². The molecule has 10 nitrogen and oxygen atoms in total. The molecule has 0 spiro atoms. The zero-order valence-corrected chi connectivity index (χ0v) is 27.8. The van der Waals surface area contributed by atoms with Crippen molar-refractivity contribution in [1.82, 2.24) is 19.9 Å². The van der Waals surface area contributed by atoms with Gasteiger partial charge in [0.25, 0.3) is 0 Å². The number of hydrogen-bond acceptors (Lipinski definition) is 11. The Kier molecular flexibility index (Phi) is 10.5. The van der Waals surface area contributed by atoms with Crippen molar-refractivity contribution in [2.45, 2.75) is 13.0 Å². The maximum absolute atomic E-state index is 13.5. The smallest absolute Gasteiger partial charge is 0.221 e.